The fraction of sp³-hybridized carbons (Fsp3) is 0.586. The minimum absolute atomic E-state index is 0.148. The van der Waals surface area contributed by atoms with Crippen molar-refractivity contribution in [3.05, 3.63) is 35.9 Å². The molecule has 3 rings (SSSR count). The van der Waals surface area contributed by atoms with Crippen LogP contribution in [-0.2, 0) is 39.9 Å². The van der Waals surface area contributed by atoms with Crippen molar-refractivity contribution >= 4 is 35.8 Å². The molecular formula is C29H40N4O9. The molecule has 1 aromatic carbocycles. The third kappa shape index (κ3) is 7.98. The topological polar surface area (TPSA) is 180 Å². The van der Waals surface area contributed by atoms with Crippen LogP contribution in [0.1, 0.15) is 65.4 Å². The summed E-state index contributed by atoms with van der Waals surface area (Å²) >= 11 is 0. The normalized spacial score (nSPS) is 20.5. The number of benzene rings is 1. The van der Waals surface area contributed by atoms with E-state index in [0.717, 1.165) is 5.56 Å². The Kier molecular flexibility index (Phi) is 9.85. The summed E-state index contributed by atoms with van der Waals surface area (Å²) in [5.41, 5.74) is -2.75. The summed E-state index contributed by atoms with van der Waals surface area (Å²) in [6, 6.07) is 6.65. The summed E-state index contributed by atoms with van der Waals surface area (Å²) in [6.07, 6.45) is -0.119. The maximum atomic E-state index is 13.7. The van der Waals surface area contributed by atoms with E-state index in [0.29, 0.717) is 19.3 Å². The van der Waals surface area contributed by atoms with Gasteiger partial charge in [-0.1, -0.05) is 30.3 Å². The van der Waals surface area contributed by atoms with Gasteiger partial charge in [0.2, 0.25) is 17.7 Å². The van der Waals surface area contributed by atoms with E-state index in [1.54, 1.807) is 27.7 Å². The summed E-state index contributed by atoms with van der Waals surface area (Å²) in [6.45, 7) is 6.57. The molecule has 13 heteroatoms. The minimum Gasteiger partial charge on any atom is -0.481 e. The molecule has 1 saturated heterocycles. The maximum absolute atomic E-state index is 13.7. The number of carboxylic acids is 1. The zero-order valence-corrected chi connectivity index (χ0v) is 24.7. The lowest BCUT2D eigenvalue weighted by atomic mass is 9.95. The first-order valence-electron chi connectivity index (χ1n) is 13.9. The largest absolute Gasteiger partial charge is 0.481 e. The van der Waals surface area contributed by atoms with E-state index in [9.17, 15) is 33.9 Å². The van der Waals surface area contributed by atoms with E-state index in [4.69, 9.17) is 9.47 Å². The lowest BCUT2D eigenvalue weighted by Gasteiger charge is -2.37. The summed E-state index contributed by atoms with van der Waals surface area (Å²) in [4.78, 5) is 78.1. The van der Waals surface area contributed by atoms with Crippen LogP contribution in [-0.4, -0.2) is 88.2 Å². The number of carbonyl (C=O) groups excluding carboxylic acids is 5. The molecule has 0 aromatic heterocycles. The molecule has 2 fully saturated rings. The average Bonchev–Trinajstić information content (AvgIpc) is 3.58. The number of ether oxygens (including phenoxy) is 2. The molecule has 230 valence electrons. The smallest absolute Gasteiger partial charge is 0.408 e. The van der Waals surface area contributed by atoms with Crippen molar-refractivity contribution in [2.24, 2.45) is 0 Å². The van der Waals surface area contributed by atoms with Gasteiger partial charge in [-0.25, -0.2) is 9.59 Å². The molecule has 1 aliphatic carbocycles. The van der Waals surface area contributed by atoms with Gasteiger partial charge in [0, 0.05) is 13.0 Å². The van der Waals surface area contributed by atoms with Gasteiger partial charge in [-0.3, -0.25) is 19.2 Å². The number of hydrogen-bond acceptors (Lipinski definition) is 8. The van der Waals surface area contributed by atoms with Crippen LogP contribution in [0.5, 0.6) is 0 Å². The van der Waals surface area contributed by atoms with E-state index in [1.807, 2.05) is 30.3 Å². The van der Waals surface area contributed by atoms with Crippen molar-refractivity contribution < 1.29 is 43.3 Å². The Morgan fingerprint density at radius 1 is 0.976 bits per heavy atom. The van der Waals surface area contributed by atoms with Gasteiger partial charge in [-0.2, -0.15) is 0 Å². The number of carbonyl (C=O) groups is 6. The number of alkyl carbamates (subject to hydrolysis) is 1. The van der Waals surface area contributed by atoms with Crippen LogP contribution in [0.25, 0.3) is 0 Å². The molecule has 1 aliphatic heterocycles. The SMILES string of the molecule is COC(=O)[C@@H](Cc1ccccc1)NC(=O)C1(NC(=O)[C@]2(C)CCCN2C(=O)[C@H](CC(=O)O)NC(=O)OC(C)(C)C)CC1. The van der Waals surface area contributed by atoms with Crippen molar-refractivity contribution in [2.75, 3.05) is 13.7 Å². The third-order valence-electron chi connectivity index (χ3n) is 7.38. The molecular weight excluding hydrogens is 548 g/mol. The highest BCUT2D eigenvalue weighted by Gasteiger charge is 2.56. The van der Waals surface area contributed by atoms with E-state index < -0.39 is 70.9 Å². The Labute approximate surface area is 244 Å². The summed E-state index contributed by atoms with van der Waals surface area (Å²) in [5, 5.41) is 17.2. The quantitative estimate of drug-likeness (QED) is 0.277. The Hall–Kier alpha value is -4.16. The fourth-order valence-electron chi connectivity index (χ4n) is 4.93. The number of aliphatic carboxylic acids is 1. The molecule has 1 aromatic rings. The Bertz CT molecular complexity index is 1210. The van der Waals surface area contributed by atoms with Crippen LogP contribution in [0.4, 0.5) is 4.79 Å². The number of rotatable bonds is 11. The lowest BCUT2D eigenvalue weighted by Crippen LogP contribution is -2.63. The van der Waals surface area contributed by atoms with Crippen LogP contribution < -0.4 is 16.0 Å². The van der Waals surface area contributed by atoms with E-state index >= 15 is 0 Å². The van der Waals surface area contributed by atoms with E-state index in [-0.39, 0.29) is 19.4 Å². The number of methoxy groups -OCH3 is 1. The highest BCUT2D eigenvalue weighted by atomic mass is 16.6. The van der Waals surface area contributed by atoms with Crippen molar-refractivity contribution in [1.82, 2.24) is 20.9 Å². The molecule has 0 bridgehead atoms. The van der Waals surface area contributed by atoms with Crippen LogP contribution in [0, 0.1) is 0 Å². The van der Waals surface area contributed by atoms with Crippen LogP contribution in [0.15, 0.2) is 30.3 Å². The van der Waals surface area contributed by atoms with Gasteiger partial charge < -0.3 is 35.4 Å². The van der Waals surface area contributed by atoms with Crippen LogP contribution in [0.3, 0.4) is 0 Å². The highest BCUT2D eigenvalue weighted by molar-refractivity contribution is 6.00. The first-order chi connectivity index (χ1) is 19.6. The second-order valence-corrected chi connectivity index (χ2v) is 11.9. The van der Waals surface area contributed by atoms with Gasteiger partial charge in [0.1, 0.15) is 28.8 Å². The number of likely N-dealkylation sites (tertiary alicyclic amines) is 1. The Morgan fingerprint density at radius 3 is 2.17 bits per heavy atom. The molecule has 3 atom stereocenters. The third-order valence-corrected chi connectivity index (χ3v) is 7.38. The second kappa shape index (κ2) is 12.8. The predicted octanol–water partition coefficient (Wildman–Crippen LogP) is 1.28. The number of esters is 1. The van der Waals surface area contributed by atoms with Gasteiger partial charge in [0.25, 0.3) is 0 Å². The Morgan fingerprint density at radius 2 is 1.62 bits per heavy atom. The van der Waals surface area contributed by atoms with E-state index in [2.05, 4.69) is 16.0 Å². The minimum atomic E-state index is -1.47. The summed E-state index contributed by atoms with van der Waals surface area (Å²) in [7, 11) is 1.23. The summed E-state index contributed by atoms with van der Waals surface area (Å²) in [5.74, 6) is -3.84. The molecule has 0 unspecified atom stereocenters. The number of nitrogens with zero attached hydrogens (tertiary/aromatic N) is 1. The van der Waals surface area contributed by atoms with E-state index in [1.165, 1.54) is 12.0 Å². The molecule has 42 heavy (non-hydrogen) atoms. The van der Waals surface area contributed by atoms with Crippen molar-refractivity contribution in [3.8, 4) is 0 Å². The maximum Gasteiger partial charge on any atom is 0.408 e. The number of nitrogens with one attached hydrogen (secondary N) is 3. The van der Waals surface area contributed by atoms with Gasteiger partial charge in [-0.15, -0.1) is 0 Å². The predicted molar refractivity (Wildman–Crippen MR) is 149 cm³/mol. The summed E-state index contributed by atoms with van der Waals surface area (Å²) < 4.78 is 10.1. The van der Waals surface area contributed by atoms with Gasteiger partial charge in [0.15, 0.2) is 0 Å². The van der Waals surface area contributed by atoms with Crippen LogP contribution in [0.2, 0.25) is 0 Å². The van der Waals surface area contributed by atoms with Crippen LogP contribution >= 0.6 is 0 Å². The van der Waals surface area contributed by atoms with Gasteiger partial charge in [0.05, 0.1) is 13.5 Å². The monoisotopic (exact) mass is 588 g/mol. The number of carboxylic acid groups (broad SMARTS) is 1. The van der Waals surface area contributed by atoms with Crippen molar-refractivity contribution in [3.63, 3.8) is 0 Å². The standard InChI is InChI=1S/C29H40N4O9/c1-27(2,3)42-26(40)31-19(17-21(34)35)22(36)33-15-9-12-28(33,4)24(38)32-29(13-14-29)25(39)30-20(23(37)41-5)16-18-10-7-6-8-11-18/h6-8,10-11,19-20H,9,12-17H2,1-5H3,(H,30,39)(H,31,40)(H,32,38)(H,34,35)/t19-,20+,28-/m0/s1. The molecule has 0 radical (unpaired) electrons. The highest BCUT2D eigenvalue weighted by Crippen LogP contribution is 2.38. The van der Waals surface area contributed by atoms with Crippen molar-refractivity contribution in [2.45, 2.75) is 95.0 Å². The van der Waals surface area contributed by atoms with Crippen molar-refractivity contribution in [1.29, 1.82) is 0 Å². The molecule has 1 heterocycles. The molecule has 1 saturated carbocycles. The molecule has 4 N–H and O–H groups in total. The first-order valence-corrected chi connectivity index (χ1v) is 13.9. The average molecular weight is 589 g/mol. The number of hydrogen-bond donors (Lipinski definition) is 4. The zero-order chi connectivity index (χ0) is 31.3. The van der Waals surface area contributed by atoms with Gasteiger partial charge in [-0.05, 0) is 58.9 Å². The first kappa shape index (κ1) is 32.4. The van der Waals surface area contributed by atoms with Gasteiger partial charge >= 0.3 is 18.0 Å². The zero-order valence-electron chi connectivity index (χ0n) is 24.7. The molecule has 0 spiro atoms. The molecule has 4 amide bonds. The number of amides is 4. The molecule has 2 aliphatic rings. The second-order valence-electron chi connectivity index (χ2n) is 11.9. The molecule has 13 nitrogen and oxygen atoms in total. The fourth-order valence-corrected chi connectivity index (χ4v) is 4.93. The Balaban J connectivity index is 1.73. The lowest BCUT2D eigenvalue weighted by molar-refractivity contribution is -0.149.